The molecule has 7 nitrogen and oxygen atoms in total. The number of aromatic carboxylic acids is 1. The Bertz CT molecular complexity index is 522. The molecule has 18 heavy (non-hydrogen) atoms. The van der Waals surface area contributed by atoms with Crippen LogP contribution in [-0.4, -0.2) is 29.6 Å². The van der Waals surface area contributed by atoms with Crippen LogP contribution in [0.2, 0.25) is 0 Å². The summed E-state index contributed by atoms with van der Waals surface area (Å²) < 4.78 is 0. The quantitative estimate of drug-likeness (QED) is 0.627. The van der Waals surface area contributed by atoms with Crippen LogP contribution in [0.4, 0.5) is 11.4 Å². The average Bonchev–Trinajstić information content (AvgIpc) is 2.34. The summed E-state index contributed by atoms with van der Waals surface area (Å²) in [5.74, 6) is -1.22. The maximum Gasteiger partial charge on any atom is 0.335 e. The zero-order chi connectivity index (χ0) is 13.7. The standard InChI is InChI=1S/C11H11N3O4/c1-13(6-2-5-12)9-4-3-8(11(15)16)7-10(9)14(17)18/h3-4,7H,2,6H2,1H3,(H,15,16). The summed E-state index contributed by atoms with van der Waals surface area (Å²) in [5.41, 5.74) is -0.130. The van der Waals surface area contributed by atoms with Gasteiger partial charge in [0.05, 0.1) is 23.0 Å². The highest BCUT2D eigenvalue weighted by atomic mass is 16.6. The Kier molecular flexibility index (Phi) is 4.21. The molecule has 0 saturated carbocycles. The van der Waals surface area contributed by atoms with Crippen LogP contribution >= 0.6 is 0 Å². The van der Waals surface area contributed by atoms with Gasteiger partial charge in [0.25, 0.3) is 5.69 Å². The number of nitro groups is 1. The number of carboxylic acid groups (broad SMARTS) is 1. The third-order valence-electron chi connectivity index (χ3n) is 2.39. The number of benzene rings is 1. The first kappa shape index (κ1) is 13.4. The van der Waals surface area contributed by atoms with Crippen molar-refractivity contribution < 1.29 is 14.8 Å². The minimum absolute atomic E-state index is 0.140. The van der Waals surface area contributed by atoms with Gasteiger partial charge in [-0.2, -0.15) is 5.26 Å². The van der Waals surface area contributed by atoms with E-state index in [0.717, 1.165) is 6.07 Å². The van der Waals surface area contributed by atoms with Crippen LogP contribution in [0.1, 0.15) is 16.8 Å². The van der Waals surface area contributed by atoms with Gasteiger partial charge >= 0.3 is 5.97 Å². The van der Waals surface area contributed by atoms with Crippen molar-refractivity contribution in [2.24, 2.45) is 0 Å². The zero-order valence-corrected chi connectivity index (χ0v) is 9.66. The number of nitrogens with zero attached hydrogens (tertiary/aromatic N) is 3. The molecule has 0 radical (unpaired) electrons. The lowest BCUT2D eigenvalue weighted by atomic mass is 10.1. The molecule has 1 aromatic rings. The van der Waals surface area contributed by atoms with E-state index >= 15 is 0 Å². The molecule has 0 aromatic heterocycles. The van der Waals surface area contributed by atoms with Gasteiger partial charge in [-0.05, 0) is 12.1 Å². The van der Waals surface area contributed by atoms with Crippen molar-refractivity contribution in [3.63, 3.8) is 0 Å². The molecule has 0 bridgehead atoms. The highest BCUT2D eigenvalue weighted by molar-refractivity contribution is 5.89. The van der Waals surface area contributed by atoms with Crippen molar-refractivity contribution in [3.8, 4) is 6.07 Å². The second-order valence-corrected chi connectivity index (χ2v) is 3.60. The molecule has 0 amide bonds. The van der Waals surface area contributed by atoms with E-state index in [2.05, 4.69) is 0 Å². The smallest absolute Gasteiger partial charge is 0.335 e. The van der Waals surface area contributed by atoms with Crippen molar-refractivity contribution in [1.29, 1.82) is 5.26 Å². The number of rotatable bonds is 5. The summed E-state index contributed by atoms with van der Waals surface area (Å²) >= 11 is 0. The molecule has 0 saturated heterocycles. The van der Waals surface area contributed by atoms with E-state index in [-0.39, 0.29) is 17.7 Å². The Hall–Kier alpha value is -2.62. The van der Waals surface area contributed by atoms with E-state index in [0.29, 0.717) is 12.2 Å². The summed E-state index contributed by atoms with van der Waals surface area (Å²) in [6, 6.07) is 5.63. The predicted octanol–water partition coefficient (Wildman–Crippen LogP) is 1.64. The normalized spacial score (nSPS) is 9.56. The molecule has 0 spiro atoms. The Morgan fingerprint density at radius 1 is 1.61 bits per heavy atom. The van der Waals surface area contributed by atoms with Gasteiger partial charge in [-0.25, -0.2) is 4.79 Å². The minimum atomic E-state index is -1.22. The minimum Gasteiger partial charge on any atom is -0.478 e. The van der Waals surface area contributed by atoms with E-state index in [9.17, 15) is 14.9 Å². The molecule has 94 valence electrons. The van der Waals surface area contributed by atoms with Gasteiger partial charge < -0.3 is 10.0 Å². The molecular weight excluding hydrogens is 238 g/mol. The monoisotopic (exact) mass is 249 g/mol. The molecule has 1 N–H and O–H groups in total. The van der Waals surface area contributed by atoms with Crippen molar-refractivity contribution >= 4 is 17.3 Å². The van der Waals surface area contributed by atoms with Gasteiger partial charge in [-0.3, -0.25) is 10.1 Å². The molecule has 0 unspecified atom stereocenters. The molecule has 0 aliphatic carbocycles. The van der Waals surface area contributed by atoms with Gasteiger partial charge in [-0.15, -0.1) is 0 Å². The SMILES string of the molecule is CN(CCC#N)c1ccc(C(=O)O)cc1[N+](=O)[O-]. The van der Waals surface area contributed by atoms with Gasteiger partial charge in [-0.1, -0.05) is 0 Å². The van der Waals surface area contributed by atoms with Crippen LogP contribution in [0.25, 0.3) is 0 Å². The number of nitriles is 1. The maximum absolute atomic E-state index is 10.9. The predicted molar refractivity (Wildman–Crippen MR) is 63.6 cm³/mol. The second-order valence-electron chi connectivity index (χ2n) is 3.60. The Balaban J connectivity index is 3.16. The van der Waals surface area contributed by atoms with E-state index in [1.807, 2.05) is 6.07 Å². The molecule has 1 aromatic carbocycles. The summed E-state index contributed by atoms with van der Waals surface area (Å²) in [6.07, 6.45) is 0.230. The van der Waals surface area contributed by atoms with E-state index in [1.165, 1.54) is 12.1 Å². The summed E-state index contributed by atoms with van der Waals surface area (Å²) in [7, 11) is 1.61. The van der Waals surface area contributed by atoms with Crippen LogP contribution in [0.15, 0.2) is 18.2 Å². The number of nitro benzene ring substituents is 1. The highest BCUT2D eigenvalue weighted by Crippen LogP contribution is 2.28. The largest absolute Gasteiger partial charge is 0.478 e. The lowest BCUT2D eigenvalue weighted by Crippen LogP contribution is -2.19. The zero-order valence-electron chi connectivity index (χ0n) is 9.66. The lowest BCUT2D eigenvalue weighted by Gasteiger charge is -2.17. The van der Waals surface area contributed by atoms with Gasteiger partial charge in [0.1, 0.15) is 5.69 Å². The van der Waals surface area contributed by atoms with E-state index in [4.69, 9.17) is 10.4 Å². The Labute approximate surface area is 103 Å². The Morgan fingerprint density at radius 3 is 2.78 bits per heavy atom. The van der Waals surface area contributed by atoms with Crippen molar-refractivity contribution in [1.82, 2.24) is 0 Å². The molecule has 7 heteroatoms. The first-order valence-electron chi connectivity index (χ1n) is 5.07. The molecule has 0 atom stereocenters. The Morgan fingerprint density at radius 2 is 2.28 bits per heavy atom. The number of carboxylic acids is 1. The number of anilines is 1. The fourth-order valence-electron chi connectivity index (χ4n) is 1.46. The van der Waals surface area contributed by atoms with Gasteiger partial charge in [0.2, 0.25) is 0 Å². The molecule has 0 fully saturated rings. The third kappa shape index (κ3) is 2.95. The lowest BCUT2D eigenvalue weighted by molar-refractivity contribution is -0.384. The number of carbonyl (C=O) groups is 1. The summed E-state index contributed by atoms with van der Waals surface area (Å²) in [5, 5.41) is 28.1. The number of hydrogen-bond donors (Lipinski definition) is 1. The van der Waals surface area contributed by atoms with Crippen LogP contribution in [0, 0.1) is 21.4 Å². The van der Waals surface area contributed by atoms with Crippen LogP contribution in [0.3, 0.4) is 0 Å². The number of hydrogen-bond acceptors (Lipinski definition) is 5. The van der Waals surface area contributed by atoms with E-state index < -0.39 is 10.9 Å². The fourth-order valence-corrected chi connectivity index (χ4v) is 1.46. The topological polar surface area (TPSA) is 107 Å². The first-order chi connectivity index (χ1) is 8.47. The molecular formula is C11H11N3O4. The van der Waals surface area contributed by atoms with Gasteiger partial charge in [0.15, 0.2) is 0 Å². The van der Waals surface area contributed by atoms with Crippen molar-refractivity contribution in [3.05, 3.63) is 33.9 Å². The maximum atomic E-state index is 10.9. The fraction of sp³-hybridized carbons (Fsp3) is 0.273. The second kappa shape index (κ2) is 5.63. The summed E-state index contributed by atoms with van der Waals surface area (Å²) in [6.45, 7) is 0.337. The highest BCUT2D eigenvalue weighted by Gasteiger charge is 2.19. The average molecular weight is 249 g/mol. The van der Waals surface area contributed by atoms with Crippen LogP contribution in [0.5, 0.6) is 0 Å². The van der Waals surface area contributed by atoms with Crippen LogP contribution < -0.4 is 4.90 Å². The molecule has 0 aliphatic rings. The molecule has 1 rings (SSSR count). The molecule has 0 aliphatic heterocycles. The molecule has 0 heterocycles. The van der Waals surface area contributed by atoms with E-state index in [1.54, 1.807) is 11.9 Å². The first-order valence-corrected chi connectivity index (χ1v) is 5.07. The van der Waals surface area contributed by atoms with Crippen LogP contribution in [-0.2, 0) is 0 Å². The van der Waals surface area contributed by atoms with Gasteiger partial charge in [0, 0.05) is 19.7 Å². The van der Waals surface area contributed by atoms with Crippen molar-refractivity contribution in [2.75, 3.05) is 18.5 Å². The third-order valence-corrected chi connectivity index (χ3v) is 2.39. The van der Waals surface area contributed by atoms with Crippen molar-refractivity contribution in [2.45, 2.75) is 6.42 Å². The summed E-state index contributed by atoms with van der Waals surface area (Å²) in [4.78, 5) is 22.6.